The molecule has 1 amide bonds. The second kappa shape index (κ2) is 6.63. The van der Waals surface area contributed by atoms with Crippen molar-refractivity contribution in [1.29, 1.82) is 0 Å². The molecule has 4 heterocycles. The van der Waals surface area contributed by atoms with Crippen LogP contribution < -0.4 is 0 Å². The van der Waals surface area contributed by atoms with E-state index in [0.29, 0.717) is 29.0 Å². The van der Waals surface area contributed by atoms with Gasteiger partial charge in [0.25, 0.3) is 5.91 Å². The summed E-state index contributed by atoms with van der Waals surface area (Å²) in [6, 6.07) is 8.47. The minimum absolute atomic E-state index is 0.0834. The molecule has 0 atom stereocenters. The summed E-state index contributed by atoms with van der Waals surface area (Å²) in [5, 5.41) is 5.37. The standard InChI is InChI=1S/C21H15ClFN5O/c1-27-9-14-5-13(8-25-20(14)26-27)12-6-17(22)16(18(23)7-12)10-28-11-19-15(21(28)29)3-2-4-24-19/h2-9H,10-11H2,1H3. The molecule has 1 aliphatic rings. The molecule has 0 N–H and O–H groups in total. The third-order valence-electron chi connectivity index (χ3n) is 5.05. The lowest BCUT2D eigenvalue weighted by atomic mass is 10.0. The summed E-state index contributed by atoms with van der Waals surface area (Å²) in [7, 11) is 1.82. The van der Waals surface area contributed by atoms with Gasteiger partial charge in [0.05, 0.1) is 24.3 Å². The first-order valence-corrected chi connectivity index (χ1v) is 9.38. The number of halogens is 2. The van der Waals surface area contributed by atoms with Crippen LogP contribution in [0.3, 0.4) is 0 Å². The molecule has 0 radical (unpaired) electrons. The maximum absolute atomic E-state index is 14.9. The van der Waals surface area contributed by atoms with Gasteiger partial charge in [-0.25, -0.2) is 9.37 Å². The summed E-state index contributed by atoms with van der Waals surface area (Å²) < 4.78 is 16.6. The topological polar surface area (TPSA) is 63.9 Å². The number of amides is 1. The minimum atomic E-state index is -0.463. The number of aryl methyl sites for hydroxylation is 1. The zero-order valence-corrected chi connectivity index (χ0v) is 16.2. The van der Waals surface area contributed by atoms with Crippen molar-refractivity contribution in [2.24, 2.45) is 7.05 Å². The minimum Gasteiger partial charge on any atom is -0.328 e. The van der Waals surface area contributed by atoms with Gasteiger partial charge in [-0.15, -0.1) is 0 Å². The highest BCUT2D eigenvalue weighted by Gasteiger charge is 2.29. The highest BCUT2D eigenvalue weighted by Crippen LogP contribution is 2.31. The smallest absolute Gasteiger partial charge is 0.256 e. The fraction of sp³-hybridized carbons (Fsp3) is 0.143. The zero-order chi connectivity index (χ0) is 20.1. The Morgan fingerprint density at radius 1 is 1.21 bits per heavy atom. The average molecular weight is 408 g/mol. The van der Waals surface area contributed by atoms with E-state index >= 15 is 0 Å². The third kappa shape index (κ3) is 3.03. The van der Waals surface area contributed by atoms with E-state index in [1.807, 2.05) is 19.3 Å². The number of benzene rings is 1. The van der Waals surface area contributed by atoms with Crippen molar-refractivity contribution < 1.29 is 9.18 Å². The number of carbonyl (C=O) groups excluding carboxylic acids is 1. The Bertz CT molecular complexity index is 1260. The third-order valence-corrected chi connectivity index (χ3v) is 5.38. The second-order valence-electron chi connectivity index (χ2n) is 7.02. The van der Waals surface area contributed by atoms with Gasteiger partial charge in [-0.05, 0) is 35.9 Å². The highest BCUT2D eigenvalue weighted by molar-refractivity contribution is 6.31. The van der Waals surface area contributed by atoms with Gasteiger partial charge >= 0.3 is 0 Å². The molecule has 1 aromatic carbocycles. The fourth-order valence-electron chi connectivity index (χ4n) is 3.61. The second-order valence-corrected chi connectivity index (χ2v) is 7.42. The van der Waals surface area contributed by atoms with E-state index in [-0.39, 0.29) is 23.0 Å². The number of hydrogen-bond acceptors (Lipinski definition) is 4. The van der Waals surface area contributed by atoms with Crippen LogP contribution in [0.4, 0.5) is 4.39 Å². The lowest BCUT2D eigenvalue weighted by Crippen LogP contribution is -2.24. The summed E-state index contributed by atoms with van der Waals surface area (Å²) >= 11 is 6.41. The van der Waals surface area contributed by atoms with Crippen molar-refractivity contribution in [2.75, 3.05) is 0 Å². The van der Waals surface area contributed by atoms with E-state index in [1.54, 1.807) is 40.2 Å². The zero-order valence-electron chi connectivity index (χ0n) is 15.4. The summed E-state index contributed by atoms with van der Waals surface area (Å²) in [6.45, 7) is 0.425. The van der Waals surface area contributed by atoms with Crippen molar-refractivity contribution in [3.05, 3.63) is 76.6 Å². The van der Waals surface area contributed by atoms with Gasteiger partial charge in [-0.3, -0.25) is 14.5 Å². The van der Waals surface area contributed by atoms with E-state index in [9.17, 15) is 9.18 Å². The van der Waals surface area contributed by atoms with E-state index in [0.717, 1.165) is 10.9 Å². The van der Waals surface area contributed by atoms with Gasteiger partial charge in [0.15, 0.2) is 5.65 Å². The van der Waals surface area contributed by atoms with Crippen molar-refractivity contribution in [2.45, 2.75) is 13.1 Å². The van der Waals surface area contributed by atoms with E-state index < -0.39 is 5.82 Å². The van der Waals surface area contributed by atoms with Crippen LogP contribution in [0.25, 0.3) is 22.2 Å². The Labute approximate surface area is 170 Å². The van der Waals surface area contributed by atoms with Gasteiger partial charge in [0.2, 0.25) is 0 Å². The number of rotatable bonds is 3. The molecule has 6 nitrogen and oxygen atoms in total. The normalized spacial score (nSPS) is 13.3. The maximum atomic E-state index is 14.9. The summed E-state index contributed by atoms with van der Waals surface area (Å²) in [6.07, 6.45) is 5.14. The molecule has 1 aliphatic heterocycles. The predicted molar refractivity (Wildman–Crippen MR) is 107 cm³/mol. The summed E-state index contributed by atoms with van der Waals surface area (Å²) in [4.78, 5) is 22.6. The van der Waals surface area contributed by atoms with Gasteiger partial charge in [-0.1, -0.05) is 11.6 Å². The van der Waals surface area contributed by atoms with Crippen molar-refractivity contribution >= 4 is 28.5 Å². The Balaban J connectivity index is 1.46. The van der Waals surface area contributed by atoms with E-state index in [2.05, 4.69) is 15.1 Å². The molecule has 0 aliphatic carbocycles. The molecule has 0 spiro atoms. The van der Waals surface area contributed by atoms with Gasteiger partial charge in [0.1, 0.15) is 5.82 Å². The van der Waals surface area contributed by atoms with Crippen LogP contribution in [-0.4, -0.2) is 30.6 Å². The van der Waals surface area contributed by atoms with E-state index in [1.165, 1.54) is 6.07 Å². The molecule has 0 bridgehead atoms. The van der Waals surface area contributed by atoms with Crippen LogP contribution in [-0.2, 0) is 20.1 Å². The molecular weight excluding hydrogens is 393 g/mol. The maximum Gasteiger partial charge on any atom is 0.256 e. The Morgan fingerprint density at radius 3 is 2.86 bits per heavy atom. The Morgan fingerprint density at radius 2 is 2.07 bits per heavy atom. The molecule has 144 valence electrons. The highest BCUT2D eigenvalue weighted by atomic mass is 35.5. The van der Waals surface area contributed by atoms with Crippen LogP contribution in [0.1, 0.15) is 21.6 Å². The largest absolute Gasteiger partial charge is 0.328 e. The predicted octanol–water partition coefficient (Wildman–Crippen LogP) is 3.98. The molecule has 0 fully saturated rings. The SMILES string of the molecule is Cn1cc2cc(-c3cc(F)c(CN4Cc5ncccc5C4=O)c(Cl)c3)cnc2n1. The quantitative estimate of drug-likeness (QED) is 0.515. The Kier molecular flexibility index (Phi) is 4.06. The van der Waals surface area contributed by atoms with E-state index in [4.69, 9.17) is 11.6 Å². The summed E-state index contributed by atoms with van der Waals surface area (Å²) in [5.41, 5.74) is 3.52. The number of aromatic nitrogens is 4. The Hall–Kier alpha value is -3.32. The van der Waals surface area contributed by atoms with Crippen LogP contribution in [0.15, 0.2) is 48.9 Å². The monoisotopic (exact) mass is 407 g/mol. The first-order valence-electron chi connectivity index (χ1n) is 9.00. The van der Waals surface area contributed by atoms with Crippen LogP contribution in [0.5, 0.6) is 0 Å². The first kappa shape index (κ1) is 17.8. The van der Waals surface area contributed by atoms with Gasteiger partial charge in [-0.2, -0.15) is 5.10 Å². The van der Waals surface area contributed by atoms with Crippen molar-refractivity contribution in [3.8, 4) is 11.1 Å². The number of pyridine rings is 2. The molecular formula is C21H15ClFN5O. The molecule has 29 heavy (non-hydrogen) atoms. The molecule has 8 heteroatoms. The first-order chi connectivity index (χ1) is 14.0. The van der Waals surface area contributed by atoms with Crippen molar-refractivity contribution in [1.82, 2.24) is 24.6 Å². The van der Waals surface area contributed by atoms with Crippen LogP contribution in [0.2, 0.25) is 5.02 Å². The molecule has 5 rings (SSSR count). The molecule has 0 saturated heterocycles. The van der Waals surface area contributed by atoms with Crippen LogP contribution >= 0.6 is 11.6 Å². The lowest BCUT2D eigenvalue weighted by molar-refractivity contribution is 0.0765. The number of fused-ring (bicyclic) bond motifs is 2. The lowest BCUT2D eigenvalue weighted by Gasteiger charge is -2.17. The molecule has 0 unspecified atom stereocenters. The van der Waals surface area contributed by atoms with Crippen LogP contribution in [0, 0.1) is 5.82 Å². The summed E-state index contributed by atoms with van der Waals surface area (Å²) in [5.74, 6) is -0.630. The van der Waals surface area contributed by atoms with Crippen molar-refractivity contribution in [3.63, 3.8) is 0 Å². The number of carbonyl (C=O) groups is 1. The van der Waals surface area contributed by atoms with Gasteiger partial charge < -0.3 is 4.90 Å². The molecule has 4 aromatic rings. The average Bonchev–Trinajstić information content (AvgIpc) is 3.23. The fourth-order valence-corrected chi connectivity index (χ4v) is 3.88. The number of hydrogen-bond donors (Lipinski definition) is 0. The number of nitrogens with zero attached hydrogens (tertiary/aromatic N) is 5. The van der Waals surface area contributed by atoms with Gasteiger partial charge in [0, 0.05) is 47.2 Å². The molecule has 0 saturated carbocycles. The molecule has 3 aromatic heterocycles.